The summed E-state index contributed by atoms with van der Waals surface area (Å²) in [7, 11) is 0. The van der Waals surface area contributed by atoms with Crippen molar-refractivity contribution in [3.8, 4) is 0 Å². The quantitative estimate of drug-likeness (QED) is 0.364. The Labute approximate surface area is 196 Å². The molecule has 2 amide bonds. The largest absolute Gasteiger partial charge is 0.337 e. The van der Waals surface area contributed by atoms with Crippen LogP contribution in [0.5, 0.6) is 0 Å². The normalized spacial score (nSPS) is 12.9. The zero-order valence-electron chi connectivity index (χ0n) is 19.5. The predicted molar refractivity (Wildman–Crippen MR) is 132 cm³/mol. The van der Waals surface area contributed by atoms with E-state index in [0.717, 1.165) is 34.9 Å². The average molecular weight is 444 g/mol. The smallest absolute Gasteiger partial charge is 0.254 e. The Kier molecular flexibility index (Phi) is 7.71. The van der Waals surface area contributed by atoms with Crippen LogP contribution in [0.15, 0.2) is 60.8 Å². The van der Waals surface area contributed by atoms with E-state index in [-0.39, 0.29) is 18.4 Å². The lowest BCUT2D eigenvalue weighted by Gasteiger charge is -2.26. The number of pyridine rings is 1. The second-order valence-corrected chi connectivity index (χ2v) is 8.94. The van der Waals surface area contributed by atoms with Crippen LogP contribution in [0, 0.1) is 0 Å². The van der Waals surface area contributed by atoms with Gasteiger partial charge in [0.25, 0.3) is 5.91 Å². The molecule has 1 aromatic heterocycles. The number of amides is 2. The van der Waals surface area contributed by atoms with Crippen molar-refractivity contribution in [2.75, 3.05) is 13.1 Å². The first kappa shape index (κ1) is 23.0. The molecule has 33 heavy (non-hydrogen) atoms. The first-order valence-electron chi connectivity index (χ1n) is 12.1. The lowest BCUT2D eigenvalue weighted by atomic mass is 10.1. The summed E-state index contributed by atoms with van der Waals surface area (Å²) < 4.78 is 0. The van der Waals surface area contributed by atoms with E-state index in [1.807, 2.05) is 59.6 Å². The fourth-order valence-electron chi connectivity index (χ4n) is 4.50. The van der Waals surface area contributed by atoms with Gasteiger partial charge in [-0.05, 0) is 35.7 Å². The summed E-state index contributed by atoms with van der Waals surface area (Å²) >= 11 is 0. The van der Waals surface area contributed by atoms with Crippen molar-refractivity contribution >= 4 is 22.7 Å². The third-order valence-corrected chi connectivity index (χ3v) is 6.38. The van der Waals surface area contributed by atoms with E-state index in [1.54, 1.807) is 4.90 Å². The van der Waals surface area contributed by atoms with Gasteiger partial charge in [0.05, 0.1) is 5.52 Å². The molecule has 4 rings (SSSR count). The van der Waals surface area contributed by atoms with Gasteiger partial charge in [0.15, 0.2) is 0 Å². The fraction of sp³-hybridized carbons (Fsp3) is 0.393. The van der Waals surface area contributed by atoms with Crippen LogP contribution in [0.4, 0.5) is 0 Å². The molecule has 0 unspecified atom stereocenters. The van der Waals surface area contributed by atoms with Gasteiger partial charge in [-0.15, -0.1) is 0 Å². The number of carbonyl (C=O) groups excluding carboxylic acids is 2. The number of benzene rings is 2. The zero-order chi connectivity index (χ0) is 23.0. The Morgan fingerprint density at radius 3 is 2.61 bits per heavy atom. The zero-order valence-corrected chi connectivity index (χ0v) is 19.5. The number of rotatable bonds is 11. The molecule has 1 aliphatic heterocycles. The molecule has 0 aliphatic carbocycles. The number of carbonyl (C=O) groups is 2. The van der Waals surface area contributed by atoms with Gasteiger partial charge in [-0.3, -0.25) is 14.6 Å². The highest BCUT2D eigenvalue weighted by Crippen LogP contribution is 2.22. The fourth-order valence-corrected chi connectivity index (χ4v) is 4.50. The molecule has 3 aromatic rings. The number of hydrogen-bond acceptors (Lipinski definition) is 3. The second-order valence-electron chi connectivity index (χ2n) is 8.94. The van der Waals surface area contributed by atoms with Gasteiger partial charge in [-0.25, -0.2) is 0 Å². The highest BCUT2D eigenvalue weighted by molar-refractivity contribution is 6.00. The summed E-state index contributed by atoms with van der Waals surface area (Å²) in [5, 5.41) is 1.08. The maximum absolute atomic E-state index is 13.3. The van der Waals surface area contributed by atoms with Crippen molar-refractivity contribution in [2.24, 2.45) is 0 Å². The highest BCUT2D eigenvalue weighted by Gasteiger charge is 2.29. The molecule has 0 N–H and O–H groups in total. The predicted octanol–water partition coefficient (Wildman–Crippen LogP) is 5.58. The SMILES string of the molecule is CCCCCCCCN(Cc1cnc2ccccc2c1)C(=O)CN1Cc2ccccc2C1=O. The van der Waals surface area contributed by atoms with Gasteiger partial charge in [-0.2, -0.15) is 0 Å². The Morgan fingerprint density at radius 1 is 1.00 bits per heavy atom. The number of aromatic nitrogens is 1. The first-order chi connectivity index (χ1) is 16.2. The molecular formula is C28H33N3O2. The standard InChI is InChI=1S/C28H33N3O2/c1-2-3-4-5-6-11-16-30(19-22-17-23-12-8-10-15-26(23)29-18-22)27(32)21-31-20-24-13-7-9-14-25(24)28(31)33/h7-10,12-15,17-18H,2-6,11,16,19-21H2,1H3. The van der Waals surface area contributed by atoms with Crippen LogP contribution in [-0.4, -0.2) is 39.7 Å². The molecule has 0 fully saturated rings. The minimum atomic E-state index is -0.0502. The molecule has 0 atom stereocenters. The van der Waals surface area contributed by atoms with Gasteiger partial charge in [-0.1, -0.05) is 75.4 Å². The Balaban J connectivity index is 1.43. The molecule has 0 radical (unpaired) electrons. The van der Waals surface area contributed by atoms with Crippen LogP contribution in [0.3, 0.4) is 0 Å². The maximum atomic E-state index is 13.3. The summed E-state index contributed by atoms with van der Waals surface area (Å²) in [6.45, 7) is 4.05. The van der Waals surface area contributed by atoms with E-state index in [1.165, 1.54) is 25.7 Å². The molecular weight excluding hydrogens is 410 g/mol. The van der Waals surface area contributed by atoms with Crippen LogP contribution in [0.25, 0.3) is 10.9 Å². The van der Waals surface area contributed by atoms with Crippen molar-refractivity contribution in [3.05, 3.63) is 77.5 Å². The second kappa shape index (κ2) is 11.1. The minimum absolute atomic E-state index is 0.00197. The minimum Gasteiger partial charge on any atom is -0.337 e. The molecule has 2 aromatic carbocycles. The summed E-state index contributed by atoms with van der Waals surface area (Å²) in [6, 6.07) is 17.8. The third kappa shape index (κ3) is 5.78. The van der Waals surface area contributed by atoms with Gasteiger partial charge in [0, 0.05) is 36.8 Å². The molecule has 5 heteroatoms. The van der Waals surface area contributed by atoms with E-state index in [2.05, 4.69) is 18.0 Å². The van der Waals surface area contributed by atoms with Crippen molar-refractivity contribution in [3.63, 3.8) is 0 Å². The summed E-state index contributed by atoms with van der Waals surface area (Å²) in [6.07, 6.45) is 8.90. The molecule has 1 aliphatic rings. The molecule has 0 spiro atoms. The Hall–Kier alpha value is -3.21. The van der Waals surface area contributed by atoms with Gasteiger partial charge in [0.1, 0.15) is 6.54 Å². The Morgan fingerprint density at radius 2 is 1.76 bits per heavy atom. The van der Waals surface area contributed by atoms with Crippen LogP contribution >= 0.6 is 0 Å². The van der Waals surface area contributed by atoms with E-state index in [9.17, 15) is 9.59 Å². The molecule has 172 valence electrons. The van der Waals surface area contributed by atoms with Crippen molar-refractivity contribution in [1.82, 2.24) is 14.8 Å². The van der Waals surface area contributed by atoms with Gasteiger partial charge in [0.2, 0.25) is 5.91 Å². The van der Waals surface area contributed by atoms with E-state index >= 15 is 0 Å². The van der Waals surface area contributed by atoms with Gasteiger partial charge < -0.3 is 9.80 Å². The monoisotopic (exact) mass is 443 g/mol. The van der Waals surface area contributed by atoms with Crippen molar-refractivity contribution in [1.29, 1.82) is 0 Å². The van der Waals surface area contributed by atoms with Crippen molar-refractivity contribution < 1.29 is 9.59 Å². The van der Waals surface area contributed by atoms with Gasteiger partial charge >= 0.3 is 0 Å². The molecule has 0 saturated carbocycles. The number of para-hydroxylation sites is 1. The summed E-state index contributed by atoms with van der Waals surface area (Å²) in [5.41, 5.74) is 3.68. The lowest BCUT2D eigenvalue weighted by molar-refractivity contribution is -0.132. The maximum Gasteiger partial charge on any atom is 0.254 e. The number of hydrogen-bond donors (Lipinski definition) is 0. The molecule has 2 heterocycles. The number of fused-ring (bicyclic) bond motifs is 2. The molecule has 5 nitrogen and oxygen atoms in total. The van der Waals surface area contributed by atoms with Crippen LogP contribution in [-0.2, 0) is 17.9 Å². The van der Waals surface area contributed by atoms with Crippen LogP contribution in [0.1, 0.15) is 66.9 Å². The first-order valence-corrected chi connectivity index (χ1v) is 12.1. The average Bonchev–Trinajstić information content (AvgIpc) is 3.15. The topological polar surface area (TPSA) is 53.5 Å². The third-order valence-electron chi connectivity index (χ3n) is 6.38. The van der Waals surface area contributed by atoms with E-state index in [0.29, 0.717) is 25.2 Å². The molecule has 0 bridgehead atoms. The van der Waals surface area contributed by atoms with E-state index < -0.39 is 0 Å². The summed E-state index contributed by atoms with van der Waals surface area (Å²) in [4.78, 5) is 34.2. The van der Waals surface area contributed by atoms with Crippen LogP contribution in [0.2, 0.25) is 0 Å². The van der Waals surface area contributed by atoms with Crippen molar-refractivity contribution in [2.45, 2.75) is 58.5 Å². The molecule has 0 saturated heterocycles. The summed E-state index contributed by atoms with van der Waals surface area (Å²) in [5.74, 6) is -0.0521. The van der Waals surface area contributed by atoms with Crippen LogP contribution < -0.4 is 0 Å². The van der Waals surface area contributed by atoms with E-state index in [4.69, 9.17) is 0 Å². The highest BCUT2D eigenvalue weighted by atomic mass is 16.2. The Bertz CT molecular complexity index is 1110. The lowest BCUT2D eigenvalue weighted by Crippen LogP contribution is -2.40. The number of unbranched alkanes of at least 4 members (excludes halogenated alkanes) is 5. The number of nitrogens with zero attached hydrogens (tertiary/aromatic N) is 3.